The van der Waals surface area contributed by atoms with Gasteiger partial charge in [-0.1, -0.05) is 38.1 Å². The zero-order chi connectivity index (χ0) is 19.8. The number of nitrogens with one attached hydrogen (secondary N) is 1. The van der Waals surface area contributed by atoms with Crippen LogP contribution in [-0.2, 0) is 24.2 Å². The lowest BCUT2D eigenvalue weighted by Gasteiger charge is -2.12. The van der Waals surface area contributed by atoms with Gasteiger partial charge in [-0.2, -0.15) is 0 Å². The first-order valence-corrected chi connectivity index (χ1v) is 9.44. The number of aromatic nitrogens is 2. The van der Waals surface area contributed by atoms with E-state index >= 15 is 0 Å². The number of amides is 1. The predicted octanol–water partition coefficient (Wildman–Crippen LogP) is 4.44. The average Bonchev–Trinajstić information content (AvgIpc) is 2.69. The van der Waals surface area contributed by atoms with Gasteiger partial charge in [-0.3, -0.25) is 9.78 Å². The Morgan fingerprint density at radius 1 is 0.964 bits per heavy atom. The molecule has 0 saturated carbocycles. The van der Waals surface area contributed by atoms with Crippen molar-refractivity contribution < 1.29 is 9.53 Å². The molecule has 1 aromatic carbocycles. The summed E-state index contributed by atoms with van der Waals surface area (Å²) in [5, 5.41) is 2.85. The number of ether oxygens (including phenoxy) is 1. The second-order valence-corrected chi connectivity index (χ2v) is 7.13. The maximum Gasteiger partial charge on any atom is 0.230 e. The Labute approximate surface area is 165 Å². The third-order valence-electron chi connectivity index (χ3n) is 4.20. The van der Waals surface area contributed by atoms with E-state index in [4.69, 9.17) is 4.74 Å². The molecular formula is C23H25N3O2. The van der Waals surface area contributed by atoms with Crippen LogP contribution < -0.4 is 10.1 Å². The van der Waals surface area contributed by atoms with Gasteiger partial charge in [0.1, 0.15) is 6.61 Å². The molecular weight excluding hydrogens is 350 g/mol. The minimum Gasteiger partial charge on any atom is -0.485 e. The van der Waals surface area contributed by atoms with Gasteiger partial charge in [0.25, 0.3) is 0 Å². The smallest absolute Gasteiger partial charge is 0.230 e. The van der Waals surface area contributed by atoms with Crippen molar-refractivity contribution in [2.24, 2.45) is 5.92 Å². The topological polar surface area (TPSA) is 64.1 Å². The maximum atomic E-state index is 12.5. The first kappa shape index (κ1) is 19.5. The lowest BCUT2D eigenvalue weighted by atomic mass is 10.0. The van der Waals surface area contributed by atoms with Crippen molar-refractivity contribution in [1.82, 2.24) is 9.97 Å². The molecule has 1 N–H and O–H groups in total. The lowest BCUT2D eigenvalue weighted by molar-refractivity contribution is -0.115. The van der Waals surface area contributed by atoms with Gasteiger partial charge in [-0.05, 0) is 53.3 Å². The van der Waals surface area contributed by atoms with Gasteiger partial charge < -0.3 is 10.1 Å². The molecule has 0 spiro atoms. The molecule has 3 aromatic rings. The number of pyridine rings is 2. The van der Waals surface area contributed by atoms with E-state index in [0.29, 0.717) is 30.5 Å². The summed E-state index contributed by atoms with van der Waals surface area (Å²) in [7, 11) is 0. The van der Waals surface area contributed by atoms with E-state index < -0.39 is 0 Å². The summed E-state index contributed by atoms with van der Waals surface area (Å²) in [5.41, 5.74) is 3.26. The van der Waals surface area contributed by atoms with Crippen LogP contribution in [0.4, 0.5) is 5.82 Å². The van der Waals surface area contributed by atoms with Crippen LogP contribution in [0.2, 0.25) is 0 Å². The highest BCUT2D eigenvalue weighted by molar-refractivity contribution is 5.92. The van der Waals surface area contributed by atoms with Crippen molar-refractivity contribution in [3.8, 4) is 5.75 Å². The number of hydrogen-bond donors (Lipinski definition) is 1. The zero-order valence-corrected chi connectivity index (χ0v) is 16.3. The van der Waals surface area contributed by atoms with Crippen molar-refractivity contribution in [3.05, 3.63) is 83.8 Å². The summed E-state index contributed by atoms with van der Waals surface area (Å²) in [5.74, 6) is 1.46. The van der Waals surface area contributed by atoms with Gasteiger partial charge >= 0.3 is 0 Å². The molecule has 5 nitrogen and oxygen atoms in total. The first-order chi connectivity index (χ1) is 13.6. The second-order valence-electron chi connectivity index (χ2n) is 7.13. The number of carbonyl (C=O) groups excluding carboxylic acids is 1. The second kappa shape index (κ2) is 9.65. The van der Waals surface area contributed by atoms with Crippen LogP contribution in [0.1, 0.15) is 30.5 Å². The summed E-state index contributed by atoms with van der Waals surface area (Å²) in [6.07, 6.45) is 6.41. The van der Waals surface area contributed by atoms with Gasteiger partial charge in [0, 0.05) is 18.6 Å². The molecule has 2 aromatic heterocycles. The monoisotopic (exact) mass is 375 g/mol. The Bertz CT molecular complexity index is 893. The van der Waals surface area contributed by atoms with Gasteiger partial charge in [0.15, 0.2) is 11.6 Å². The van der Waals surface area contributed by atoms with Crippen LogP contribution in [0.15, 0.2) is 67.1 Å². The van der Waals surface area contributed by atoms with E-state index in [1.165, 1.54) is 5.56 Å². The van der Waals surface area contributed by atoms with E-state index in [0.717, 1.165) is 17.5 Å². The standard InChI is InChI=1S/C23H25N3O2/c1-17(2)14-18-5-7-19(8-6-18)15-22(27)26-23-21(4-3-11-25-23)28-16-20-9-12-24-13-10-20/h3-13,17H,14-16H2,1-2H3,(H,25,26,27). The highest BCUT2D eigenvalue weighted by Gasteiger charge is 2.10. The summed E-state index contributed by atoms with van der Waals surface area (Å²) < 4.78 is 5.82. The summed E-state index contributed by atoms with van der Waals surface area (Å²) in [6.45, 7) is 4.78. The number of carbonyl (C=O) groups is 1. The minimum atomic E-state index is -0.121. The summed E-state index contributed by atoms with van der Waals surface area (Å²) >= 11 is 0. The molecule has 1 amide bonds. The first-order valence-electron chi connectivity index (χ1n) is 9.44. The van der Waals surface area contributed by atoms with Crippen molar-refractivity contribution in [2.75, 3.05) is 5.32 Å². The molecule has 0 aliphatic heterocycles. The molecule has 0 saturated heterocycles. The number of hydrogen-bond acceptors (Lipinski definition) is 4. The van der Waals surface area contributed by atoms with Crippen molar-refractivity contribution >= 4 is 11.7 Å². The molecule has 0 aliphatic rings. The third-order valence-corrected chi connectivity index (χ3v) is 4.20. The van der Waals surface area contributed by atoms with Crippen LogP contribution in [0.5, 0.6) is 5.75 Å². The number of rotatable bonds is 8. The van der Waals surface area contributed by atoms with Gasteiger partial charge in [-0.15, -0.1) is 0 Å². The van der Waals surface area contributed by atoms with Crippen molar-refractivity contribution in [1.29, 1.82) is 0 Å². The maximum absolute atomic E-state index is 12.5. The predicted molar refractivity (Wildman–Crippen MR) is 110 cm³/mol. The Balaban J connectivity index is 1.59. The van der Waals surface area contributed by atoms with Crippen molar-refractivity contribution in [3.63, 3.8) is 0 Å². The highest BCUT2D eigenvalue weighted by Crippen LogP contribution is 2.22. The minimum absolute atomic E-state index is 0.121. The summed E-state index contributed by atoms with van der Waals surface area (Å²) in [4.78, 5) is 20.7. The van der Waals surface area contributed by atoms with E-state index in [2.05, 4.69) is 41.3 Å². The van der Waals surface area contributed by atoms with Crippen LogP contribution in [0, 0.1) is 5.92 Å². The van der Waals surface area contributed by atoms with E-state index in [1.807, 2.05) is 24.3 Å². The zero-order valence-electron chi connectivity index (χ0n) is 16.3. The molecule has 28 heavy (non-hydrogen) atoms. The fourth-order valence-corrected chi connectivity index (χ4v) is 2.87. The van der Waals surface area contributed by atoms with Crippen LogP contribution in [-0.4, -0.2) is 15.9 Å². The van der Waals surface area contributed by atoms with E-state index in [-0.39, 0.29) is 5.91 Å². The van der Waals surface area contributed by atoms with Gasteiger partial charge in [0.2, 0.25) is 5.91 Å². The molecule has 5 heteroatoms. The molecule has 2 heterocycles. The Morgan fingerprint density at radius 2 is 1.68 bits per heavy atom. The Hall–Kier alpha value is -3.21. The van der Waals surface area contributed by atoms with Crippen LogP contribution >= 0.6 is 0 Å². The van der Waals surface area contributed by atoms with E-state index in [1.54, 1.807) is 30.7 Å². The van der Waals surface area contributed by atoms with E-state index in [9.17, 15) is 4.79 Å². The number of nitrogens with zero attached hydrogens (tertiary/aromatic N) is 2. The van der Waals surface area contributed by atoms with Gasteiger partial charge in [0.05, 0.1) is 6.42 Å². The fraction of sp³-hybridized carbons (Fsp3) is 0.261. The Morgan fingerprint density at radius 3 is 2.39 bits per heavy atom. The summed E-state index contributed by atoms with van der Waals surface area (Å²) in [6, 6.07) is 15.6. The normalized spacial score (nSPS) is 10.7. The van der Waals surface area contributed by atoms with Crippen LogP contribution in [0.25, 0.3) is 0 Å². The Kier molecular flexibility index (Phi) is 6.73. The quantitative estimate of drug-likeness (QED) is 0.632. The molecule has 3 rings (SSSR count). The molecule has 0 radical (unpaired) electrons. The molecule has 0 atom stereocenters. The SMILES string of the molecule is CC(C)Cc1ccc(CC(=O)Nc2ncccc2OCc2ccncc2)cc1. The molecule has 0 aliphatic carbocycles. The molecule has 0 unspecified atom stereocenters. The largest absolute Gasteiger partial charge is 0.485 e. The third kappa shape index (κ3) is 5.91. The number of anilines is 1. The molecule has 144 valence electrons. The molecule has 0 bridgehead atoms. The fourth-order valence-electron chi connectivity index (χ4n) is 2.87. The molecule has 0 fully saturated rings. The highest BCUT2D eigenvalue weighted by atomic mass is 16.5. The van der Waals surface area contributed by atoms with Gasteiger partial charge in [-0.25, -0.2) is 4.98 Å². The number of benzene rings is 1. The van der Waals surface area contributed by atoms with Crippen molar-refractivity contribution in [2.45, 2.75) is 33.3 Å². The average molecular weight is 375 g/mol. The van der Waals surface area contributed by atoms with Crippen LogP contribution in [0.3, 0.4) is 0 Å². The lowest BCUT2D eigenvalue weighted by Crippen LogP contribution is -2.16.